The number of carbonyl (C=O) groups is 1. The molecule has 1 atom stereocenters. The van der Waals surface area contributed by atoms with Crippen LogP contribution in [0.5, 0.6) is 0 Å². The number of thioether (sulfide) groups is 1. The largest absolute Gasteiger partial charge is 0.352 e. The summed E-state index contributed by atoms with van der Waals surface area (Å²) in [5, 5.41) is 3.71. The number of thiophene rings is 1. The number of carbonyl (C=O) groups excluding carboxylic acids is 1. The number of benzene rings is 1. The molecule has 3 aromatic rings. The van der Waals surface area contributed by atoms with Crippen molar-refractivity contribution in [2.75, 3.05) is 6.54 Å². The molecule has 0 aliphatic heterocycles. The summed E-state index contributed by atoms with van der Waals surface area (Å²) in [5.74, 6) is -0.104. The predicted octanol–water partition coefficient (Wildman–Crippen LogP) is 3.72. The number of fused-ring (bicyclic) bond motifs is 3. The molecule has 5 nitrogen and oxygen atoms in total. The lowest BCUT2D eigenvalue weighted by Gasteiger charge is -2.15. The number of hydrogen-bond acceptors (Lipinski definition) is 5. The summed E-state index contributed by atoms with van der Waals surface area (Å²) in [6.07, 6.45) is 4.70. The Morgan fingerprint density at radius 3 is 2.93 bits per heavy atom. The first-order valence-electron chi connectivity index (χ1n) is 9.28. The molecule has 4 rings (SSSR count). The second kappa shape index (κ2) is 7.93. The van der Waals surface area contributed by atoms with E-state index in [1.165, 1.54) is 16.6 Å². The monoisotopic (exact) mass is 411 g/mol. The molecule has 1 aliphatic carbocycles. The van der Waals surface area contributed by atoms with Crippen molar-refractivity contribution in [3.05, 3.63) is 63.8 Å². The topological polar surface area (TPSA) is 64.0 Å². The van der Waals surface area contributed by atoms with Crippen molar-refractivity contribution in [1.29, 1.82) is 0 Å². The highest BCUT2D eigenvalue weighted by molar-refractivity contribution is 8.00. The number of nitrogens with one attached hydrogen (secondary N) is 1. The van der Waals surface area contributed by atoms with Crippen LogP contribution >= 0.6 is 23.1 Å². The van der Waals surface area contributed by atoms with Crippen LogP contribution in [-0.4, -0.2) is 27.3 Å². The lowest BCUT2D eigenvalue weighted by atomic mass is 10.2. The van der Waals surface area contributed by atoms with E-state index in [4.69, 9.17) is 4.98 Å². The van der Waals surface area contributed by atoms with Gasteiger partial charge in [0.15, 0.2) is 5.16 Å². The van der Waals surface area contributed by atoms with Crippen molar-refractivity contribution in [1.82, 2.24) is 14.9 Å². The zero-order valence-electron chi connectivity index (χ0n) is 15.6. The van der Waals surface area contributed by atoms with E-state index in [1.807, 2.05) is 37.3 Å². The molecular weight excluding hydrogens is 390 g/mol. The lowest BCUT2D eigenvalue weighted by Crippen LogP contribution is -2.32. The van der Waals surface area contributed by atoms with Crippen LogP contribution in [0.15, 0.2) is 52.9 Å². The summed E-state index contributed by atoms with van der Waals surface area (Å²) in [4.78, 5) is 32.7. The maximum atomic E-state index is 13.5. The molecule has 1 aromatic carbocycles. The number of para-hydroxylation sites is 1. The van der Waals surface area contributed by atoms with E-state index in [2.05, 4.69) is 11.9 Å². The fraction of sp³-hybridized carbons (Fsp3) is 0.286. The van der Waals surface area contributed by atoms with Gasteiger partial charge >= 0.3 is 0 Å². The zero-order chi connectivity index (χ0) is 19.7. The normalized spacial score (nSPS) is 14.0. The van der Waals surface area contributed by atoms with Gasteiger partial charge in [-0.25, -0.2) is 4.98 Å². The molecule has 144 valence electrons. The third-order valence-electron chi connectivity index (χ3n) is 4.79. The molecule has 1 aliphatic rings. The second-order valence-corrected chi connectivity index (χ2v) is 9.09. The highest BCUT2D eigenvalue weighted by Crippen LogP contribution is 2.36. The van der Waals surface area contributed by atoms with Gasteiger partial charge in [-0.15, -0.1) is 17.9 Å². The highest BCUT2D eigenvalue weighted by Gasteiger charge is 2.25. The number of aryl methyl sites for hydroxylation is 2. The number of nitrogens with zero attached hydrogens (tertiary/aromatic N) is 2. The van der Waals surface area contributed by atoms with E-state index < -0.39 is 0 Å². The van der Waals surface area contributed by atoms with Crippen LogP contribution in [0.25, 0.3) is 15.9 Å². The summed E-state index contributed by atoms with van der Waals surface area (Å²) >= 11 is 2.92. The van der Waals surface area contributed by atoms with Crippen molar-refractivity contribution in [3.8, 4) is 5.69 Å². The quantitative estimate of drug-likeness (QED) is 0.381. The third-order valence-corrected chi connectivity index (χ3v) is 7.03. The van der Waals surface area contributed by atoms with Gasteiger partial charge in [0, 0.05) is 11.4 Å². The van der Waals surface area contributed by atoms with Gasteiger partial charge in [-0.1, -0.05) is 36.0 Å². The Morgan fingerprint density at radius 1 is 1.39 bits per heavy atom. The minimum atomic E-state index is -0.383. The first kappa shape index (κ1) is 19.0. The van der Waals surface area contributed by atoms with Gasteiger partial charge in [0.1, 0.15) is 4.83 Å². The molecule has 1 amide bonds. The molecule has 0 bridgehead atoms. The molecule has 0 radical (unpaired) electrons. The van der Waals surface area contributed by atoms with Crippen molar-refractivity contribution >= 4 is 39.2 Å². The van der Waals surface area contributed by atoms with Crippen LogP contribution in [0.1, 0.15) is 23.8 Å². The maximum absolute atomic E-state index is 13.5. The summed E-state index contributed by atoms with van der Waals surface area (Å²) in [6.45, 7) is 5.86. The standard InChI is InChI=1S/C21H21N3O2S2/c1-3-12-22-18(25)13(2)27-21-23-19-17(15-10-7-11-16(15)28-19)20(26)24(21)14-8-5-4-6-9-14/h3-6,8-9,13H,1,7,10-12H2,2H3,(H,22,25)/t13-/m1/s1. The van der Waals surface area contributed by atoms with Gasteiger partial charge in [-0.05, 0) is 43.9 Å². The average molecular weight is 412 g/mol. The Bertz CT molecular complexity index is 1100. The number of amides is 1. The average Bonchev–Trinajstić information content (AvgIpc) is 3.27. The van der Waals surface area contributed by atoms with Crippen molar-refractivity contribution in [3.63, 3.8) is 0 Å². The SMILES string of the molecule is C=CCNC(=O)[C@@H](C)Sc1nc2sc3c(c2c(=O)n1-c1ccccc1)CCC3. The Balaban J connectivity index is 1.84. The minimum absolute atomic E-state index is 0.0446. The van der Waals surface area contributed by atoms with Gasteiger partial charge in [-0.2, -0.15) is 0 Å². The second-order valence-electron chi connectivity index (χ2n) is 6.70. The Kier molecular flexibility index (Phi) is 5.37. The number of aromatic nitrogens is 2. The smallest absolute Gasteiger partial charge is 0.267 e. The summed E-state index contributed by atoms with van der Waals surface area (Å²) in [5.41, 5.74) is 1.88. The lowest BCUT2D eigenvalue weighted by molar-refractivity contribution is -0.120. The molecule has 0 saturated heterocycles. The first-order valence-corrected chi connectivity index (χ1v) is 11.0. The summed E-state index contributed by atoms with van der Waals surface area (Å²) in [6, 6.07) is 9.51. The molecule has 0 spiro atoms. The van der Waals surface area contributed by atoms with E-state index >= 15 is 0 Å². The molecule has 0 fully saturated rings. The van der Waals surface area contributed by atoms with Crippen LogP contribution in [0, 0.1) is 0 Å². The van der Waals surface area contributed by atoms with E-state index in [1.54, 1.807) is 22.0 Å². The molecule has 0 unspecified atom stereocenters. The number of rotatable bonds is 6. The molecule has 7 heteroatoms. The van der Waals surface area contributed by atoms with E-state index in [9.17, 15) is 9.59 Å². The van der Waals surface area contributed by atoms with Crippen LogP contribution in [0.2, 0.25) is 0 Å². The fourth-order valence-electron chi connectivity index (χ4n) is 3.44. The zero-order valence-corrected chi connectivity index (χ0v) is 17.2. The Morgan fingerprint density at radius 2 is 2.18 bits per heavy atom. The van der Waals surface area contributed by atoms with Crippen LogP contribution in [0.4, 0.5) is 0 Å². The van der Waals surface area contributed by atoms with E-state index in [0.717, 1.165) is 40.7 Å². The minimum Gasteiger partial charge on any atom is -0.352 e. The highest BCUT2D eigenvalue weighted by atomic mass is 32.2. The maximum Gasteiger partial charge on any atom is 0.267 e. The third kappa shape index (κ3) is 3.40. The van der Waals surface area contributed by atoms with Gasteiger partial charge in [-0.3, -0.25) is 14.2 Å². The van der Waals surface area contributed by atoms with Crippen molar-refractivity contribution < 1.29 is 4.79 Å². The van der Waals surface area contributed by atoms with Crippen LogP contribution in [-0.2, 0) is 17.6 Å². The van der Waals surface area contributed by atoms with Gasteiger partial charge in [0.25, 0.3) is 5.56 Å². The van der Waals surface area contributed by atoms with E-state index in [0.29, 0.717) is 11.7 Å². The van der Waals surface area contributed by atoms with Gasteiger partial charge in [0.2, 0.25) is 5.91 Å². The number of hydrogen-bond donors (Lipinski definition) is 1. The summed E-state index contributed by atoms with van der Waals surface area (Å²) < 4.78 is 1.65. The van der Waals surface area contributed by atoms with Crippen molar-refractivity contribution in [2.24, 2.45) is 0 Å². The molecule has 0 saturated carbocycles. The predicted molar refractivity (Wildman–Crippen MR) is 116 cm³/mol. The molecule has 28 heavy (non-hydrogen) atoms. The van der Waals surface area contributed by atoms with E-state index in [-0.39, 0.29) is 16.7 Å². The summed E-state index contributed by atoms with van der Waals surface area (Å²) in [7, 11) is 0. The Hall–Kier alpha value is -2.38. The fourth-order valence-corrected chi connectivity index (χ4v) is 5.69. The van der Waals surface area contributed by atoms with Crippen LogP contribution in [0.3, 0.4) is 0 Å². The molecule has 2 heterocycles. The molecule has 2 aromatic heterocycles. The Labute approximate surface area is 171 Å². The van der Waals surface area contributed by atoms with Crippen molar-refractivity contribution in [2.45, 2.75) is 36.6 Å². The van der Waals surface area contributed by atoms with Gasteiger partial charge < -0.3 is 5.32 Å². The first-order chi connectivity index (χ1) is 13.6. The molecule has 1 N–H and O–H groups in total. The van der Waals surface area contributed by atoms with Gasteiger partial charge in [0.05, 0.1) is 16.3 Å². The molecular formula is C21H21N3O2S2. The van der Waals surface area contributed by atoms with Crippen LogP contribution < -0.4 is 10.9 Å².